The maximum Gasteiger partial charge on any atom is 0.364 e. The highest BCUT2D eigenvalue weighted by Crippen LogP contribution is 2.17. The van der Waals surface area contributed by atoms with Crippen molar-refractivity contribution >= 4 is 5.97 Å². The van der Waals surface area contributed by atoms with Crippen molar-refractivity contribution in [3.8, 4) is 0 Å². The third-order valence-corrected chi connectivity index (χ3v) is 1.31. The van der Waals surface area contributed by atoms with E-state index in [1.165, 1.54) is 6.92 Å². The first kappa shape index (κ1) is 12.4. The molecule has 0 rings (SSSR count). The van der Waals surface area contributed by atoms with Crippen LogP contribution in [0.4, 0.5) is 0 Å². The molecule has 0 spiro atoms. The van der Waals surface area contributed by atoms with Crippen molar-refractivity contribution in [3.05, 3.63) is 0 Å². The SMILES string of the molecule is CC(C)OC(C)(OC(C)C)C(=O)O. The Morgan fingerprint density at radius 2 is 1.46 bits per heavy atom. The Balaban J connectivity index is 4.43. The van der Waals surface area contributed by atoms with Crippen LogP contribution in [0.15, 0.2) is 0 Å². The number of ether oxygens (including phenoxy) is 2. The molecule has 0 aliphatic carbocycles. The molecule has 1 N–H and O–H groups in total. The van der Waals surface area contributed by atoms with Crippen LogP contribution < -0.4 is 0 Å². The second kappa shape index (κ2) is 4.58. The molecule has 0 saturated heterocycles. The highest BCUT2D eigenvalue weighted by atomic mass is 16.7. The standard InChI is InChI=1S/C9H18O4/c1-6(2)12-9(5,8(10)11)13-7(3)4/h6-7H,1-5H3,(H,10,11). The summed E-state index contributed by atoms with van der Waals surface area (Å²) in [5.74, 6) is -2.64. The lowest BCUT2D eigenvalue weighted by molar-refractivity contribution is -0.259. The summed E-state index contributed by atoms with van der Waals surface area (Å²) in [5, 5.41) is 8.88. The van der Waals surface area contributed by atoms with Gasteiger partial charge in [0.05, 0.1) is 12.2 Å². The number of aliphatic carboxylic acids is 1. The Hall–Kier alpha value is -0.610. The van der Waals surface area contributed by atoms with Crippen LogP contribution in [0.25, 0.3) is 0 Å². The van der Waals surface area contributed by atoms with E-state index < -0.39 is 11.8 Å². The topological polar surface area (TPSA) is 55.8 Å². The van der Waals surface area contributed by atoms with E-state index in [0.717, 1.165) is 0 Å². The number of carbonyl (C=O) groups is 1. The van der Waals surface area contributed by atoms with Crippen LogP contribution in [0.2, 0.25) is 0 Å². The molecule has 0 fully saturated rings. The summed E-state index contributed by atoms with van der Waals surface area (Å²) < 4.78 is 10.4. The van der Waals surface area contributed by atoms with Crippen molar-refractivity contribution in [3.63, 3.8) is 0 Å². The zero-order valence-electron chi connectivity index (χ0n) is 8.83. The number of hydrogen-bond donors (Lipinski definition) is 1. The number of hydrogen-bond acceptors (Lipinski definition) is 3. The summed E-state index contributed by atoms with van der Waals surface area (Å²) in [6, 6.07) is 0. The van der Waals surface area contributed by atoms with Crippen LogP contribution in [0.5, 0.6) is 0 Å². The van der Waals surface area contributed by atoms with Crippen LogP contribution in [0, 0.1) is 0 Å². The molecule has 0 amide bonds. The minimum absolute atomic E-state index is 0.181. The predicted octanol–water partition coefficient (Wildman–Crippen LogP) is 1.64. The summed E-state index contributed by atoms with van der Waals surface area (Å²) in [5.41, 5.74) is 0. The first-order chi connectivity index (χ1) is 5.78. The van der Waals surface area contributed by atoms with Crippen molar-refractivity contribution in [1.29, 1.82) is 0 Å². The summed E-state index contributed by atoms with van der Waals surface area (Å²) in [6.07, 6.45) is -0.361. The van der Waals surface area contributed by atoms with E-state index in [9.17, 15) is 4.79 Å². The third-order valence-electron chi connectivity index (χ3n) is 1.31. The van der Waals surface area contributed by atoms with Gasteiger partial charge in [0.2, 0.25) is 0 Å². The normalized spacial score (nSPS) is 12.5. The first-order valence-corrected chi connectivity index (χ1v) is 4.37. The number of rotatable bonds is 5. The quantitative estimate of drug-likeness (QED) is 0.669. The molecule has 0 aliphatic heterocycles. The van der Waals surface area contributed by atoms with Crippen molar-refractivity contribution in [2.24, 2.45) is 0 Å². The van der Waals surface area contributed by atoms with Crippen LogP contribution >= 0.6 is 0 Å². The Morgan fingerprint density at radius 1 is 1.15 bits per heavy atom. The summed E-state index contributed by atoms with van der Waals surface area (Å²) >= 11 is 0. The zero-order chi connectivity index (χ0) is 10.6. The van der Waals surface area contributed by atoms with Crippen molar-refractivity contribution in [2.75, 3.05) is 0 Å². The fraction of sp³-hybridized carbons (Fsp3) is 0.889. The molecule has 4 nitrogen and oxygen atoms in total. The van der Waals surface area contributed by atoms with Crippen molar-refractivity contribution in [1.82, 2.24) is 0 Å². The van der Waals surface area contributed by atoms with Gasteiger partial charge in [0.15, 0.2) is 0 Å². The number of carboxylic acid groups (broad SMARTS) is 1. The molecule has 0 aromatic heterocycles. The molecule has 0 unspecified atom stereocenters. The van der Waals surface area contributed by atoms with Gasteiger partial charge in [-0.3, -0.25) is 0 Å². The van der Waals surface area contributed by atoms with Crippen molar-refractivity contribution in [2.45, 2.75) is 52.6 Å². The molecule has 13 heavy (non-hydrogen) atoms. The minimum atomic E-state index is -1.54. The van der Waals surface area contributed by atoms with Crippen LogP contribution in [0.3, 0.4) is 0 Å². The Bertz CT molecular complexity index is 164. The van der Waals surface area contributed by atoms with E-state index in [1.54, 1.807) is 27.7 Å². The second-order valence-electron chi connectivity index (χ2n) is 3.58. The average molecular weight is 190 g/mol. The highest BCUT2D eigenvalue weighted by Gasteiger charge is 2.37. The second-order valence-corrected chi connectivity index (χ2v) is 3.58. The molecule has 0 atom stereocenters. The van der Waals surface area contributed by atoms with Gasteiger partial charge < -0.3 is 14.6 Å². The third kappa shape index (κ3) is 4.24. The van der Waals surface area contributed by atoms with Gasteiger partial charge in [-0.05, 0) is 27.7 Å². The number of carboxylic acids is 1. The monoisotopic (exact) mass is 190 g/mol. The van der Waals surface area contributed by atoms with E-state index in [-0.39, 0.29) is 12.2 Å². The maximum atomic E-state index is 10.8. The van der Waals surface area contributed by atoms with Gasteiger partial charge in [0.1, 0.15) is 0 Å². The van der Waals surface area contributed by atoms with Gasteiger partial charge in [-0.25, -0.2) is 4.79 Å². The van der Waals surface area contributed by atoms with Crippen LogP contribution in [-0.4, -0.2) is 29.1 Å². The summed E-state index contributed by atoms with van der Waals surface area (Å²) in [4.78, 5) is 10.8. The fourth-order valence-electron chi connectivity index (χ4n) is 1.03. The molecule has 0 radical (unpaired) electrons. The van der Waals surface area contributed by atoms with Crippen LogP contribution in [-0.2, 0) is 14.3 Å². The van der Waals surface area contributed by atoms with Gasteiger partial charge in [0.25, 0.3) is 5.79 Å². The summed E-state index contributed by atoms with van der Waals surface area (Å²) in [7, 11) is 0. The minimum Gasteiger partial charge on any atom is -0.477 e. The van der Waals surface area contributed by atoms with E-state index in [1.807, 2.05) is 0 Å². The zero-order valence-corrected chi connectivity index (χ0v) is 8.83. The van der Waals surface area contributed by atoms with E-state index in [2.05, 4.69) is 0 Å². The molecule has 0 bridgehead atoms. The average Bonchev–Trinajstić information content (AvgIpc) is 1.82. The van der Waals surface area contributed by atoms with E-state index in [4.69, 9.17) is 14.6 Å². The van der Waals surface area contributed by atoms with Gasteiger partial charge in [0, 0.05) is 6.92 Å². The molecular formula is C9H18O4. The molecule has 0 aromatic carbocycles. The molecule has 0 aliphatic rings. The van der Waals surface area contributed by atoms with Gasteiger partial charge in [-0.2, -0.15) is 0 Å². The Morgan fingerprint density at radius 3 is 1.62 bits per heavy atom. The Kier molecular flexibility index (Phi) is 4.36. The largest absolute Gasteiger partial charge is 0.477 e. The predicted molar refractivity (Wildman–Crippen MR) is 48.5 cm³/mol. The van der Waals surface area contributed by atoms with Gasteiger partial charge in [-0.1, -0.05) is 0 Å². The molecular weight excluding hydrogens is 172 g/mol. The summed E-state index contributed by atoms with van der Waals surface area (Å²) in [6.45, 7) is 8.49. The van der Waals surface area contributed by atoms with E-state index >= 15 is 0 Å². The molecule has 0 heterocycles. The first-order valence-electron chi connectivity index (χ1n) is 4.37. The molecule has 0 saturated carbocycles. The van der Waals surface area contributed by atoms with E-state index in [0.29, 0.717) is 0 Å². The molecule has 78 valence electrons. The highest BCUT2D eigenvalue weighted by molar-refractivity contribution is 5.75. The molecule has 0 aromatic rings. The Labute approximate surface area is 78.8 Å². The van der Waals surface area contributed by atoms with Gasteiger partial charge >= 0.3 is 5.97 Å². The molecule has 4 heteroatoms. The maximum absolute atomic E-state index is 10.8. The lowest BCUT2D eigenvalue weighted by atomic mass is 10.3. The van der Waals surface area contributed by atoms with Crippen molar-refractivity contribution < 1.29 is 19.4 Å². The smallest absolute Gasteiger partial charge is 0.364 e. The fourth-order valence-corrected chi connectivity index (χ4v) is 1.03. The lowest BCUT2D eigenvalue weighted by Gasteiger charge is -2.29. The van der Waals surface area contributed by atoms with Gasteiger partial charge in [-0.15, -0.1) is 0 Å². The lowest BCUT2D eigenvalue weighted by Crippen LogP contribution is -2.44. The van der Waals surface area contributed by atoms with Crippen LogP contribution in [0.1, 0.15) is 34.6 Å².